The second-order valence-corrected chi connectivity index (χ2v) is 15.9. The summed E-state index contributed by atoms with van der Waals surface area (Å²) in [4.78, 5) is 2.50. The van der Waals surface area contributed by atoms with Crippen LogP contribution in [-0.4, -0.2) is 0 Å². The van der Waals surface area contributed by atoms with E-state index in [1.165, 1.54) is 86.2 Å². The van der Waals surface area contributed by atoms with Crippen LogP contribution >= 0.6 is 11.3 Å². The number of benzene rings is 10. The zero-order valence-electron chi connectivity index (χ0n) is 31.7. The second-order valence-electron chi connectivity index (χ2n) is 14.9. The fraction of sp³-hybridized carbons (Fsp3) is 0. The molecule has 0 aliphatic carbocycles. The lowest BCUT2D eigenvalue weighted by Gasteiger charge is -2.29. The topological polar surface area (TPSA) is 3.24 Å². The molecule has 10 aromatic carbocycles. The summed E-state index contributed by atoms with van der Waals surface area (Å²) < 4.78 is 2.57. The Balaban J connectivity index is 1.14. The number of rotatable bonds is 7. The van der Waals surface area contributed by atoms with Crippen LogP contribution in [0.4, 0.5) is 17.1 Å². The Labute approximate surface area is 342 Å². The third-order valence-corrected chi connectivity index (χ3v) is 12.6. The Bertz CT molecular complexity index is 3250. The van der Waals surface area contributed by atoms with Gasteiger partial charge in [0.1, 0.15) is 0 Å². The predicted molar refractivity (Wildman–Crippen MR) is 251 cm³/mol. The summed E-state index contributed by atoms with van der Waals surface area (Å²) in [6.45, 7) is 0. The second kappa shape index (κ2) is 14.4. The Hall–Kier alpha value is -7.26. The van der Waals surface area contributed by atoms with Crippen LogP contribution in [0.25, 0.3) is 86.2 Å². The first-order chi connectivity index (χ1) is 28.8. The van der Waals surface area contributed by atoms with Crippen molar-refractivity contribution < 1.29 is 0 Å². The Morgan fingerprint density at radius 3 is 1.55 bits per heavy atom. The number of hydrogen-bond acceptors (Lipinski definition) is 2. The van der Waals surface area contributed by atoms with E-state index in [0.717, 1.165) is 17.1 Å². The molecule has 0 spiro atoms. The summed E-state index contributed by atoms with van der Waals surface area (Å²) >= 11 is 1.86. The number of nitrogens with zero attached hydrogens (tertiary/aromatic N) is 1. The van der Waals surface area contributed by atoms with Gasteiger partial charge in [0, 0.05) is 31.4 Å². The van der Waals surface area contributed by atoms with Gasteiger partial charge in [-0.05, 0) is 103 Å². The van der Waals surface area contributed by atoms with Crippen molar-refractivity contribution in [2.45, 2.75) is 0 Å². The highest BCUT2D eigenvalue weighted by Gasteiger charge is 2.23. The molecule has 11 rings (SSSR count). The van der Waals surface area contributed by atoms with Crippen molar-refractivity contribution in [1.29, 1.82) is 0 Å². The molecule has 2 heteroatoms. The summed E-state index contributed by atoms with van der Waals surface area (Å²) in [5.74, 6) is 0. The van der Waals surface area contributed by atoms with Gasteiger partial charge in [-0.3, -0.25) is 0 Å². The molecule has 0 amide bonds. The molecular weight excluding hydrogens is 719 g/mol. The van der Waals surface area contributed by atoms with E-state index in [-0.39, 0.29) is 0 Å². The van der Waals surface area contributed by atoms with Crippen LogP contribution in [0.2, 0.25) is 0 Å². The summed E-state index contributed by atoms with van der Waals surface area (Å²) in [5.41, 5.74) is 13.0. The molecule has 0 fully saturated rings. The summed E-state index contributed by atoms with van der Waals surface area (Å²) in [7, 11) is 0. The van der Waals surface area contributed by atoms with Gasteiger partial charge < -0.3 is 4.90 Å². The van der Waals surface area contributed by atoms with E-state index in [9.17, 15) is 0 Å². The third-order valence-electron chi connectivity index (χ3n) is 11.5. The molecule has 1 aromatic heterocycles. The minimum absolute atomic E-state index is 1.10. The molecule has 0 aliphatic rings. The third kappa shape index (κ3) is 5.94. The SMILES string of the molecule is c1ccc(-c2ccc(-c3ccc(N(c4cc(-c5cc6ccccc6c6ccccc56)ccc4-c4ccccc4)c4cccc5sc6ccccc6c45)cc3)cc2)cc1. The van der Waals surface area contributed by atoms with Crippen molar-refractivity contribution in [3.63, 3.8) is 0 Å². The van der Waals surface area contributed by atoms with Gasteiger partial charge in [-0.25, -0.2) is 0 Å². The molecule has 11 aromatic rings. The van der Waals surface area contributed by atoms with Gasteiger partial charge in [-0.1, -0.05) is 182 Å². The van der Waals surface area contributed by atoms with Crippen LogP contribution in [0.1, 0.15) is 0 Å². The van der Waals surface area contributed by atoms with E-state index in [4.69, 9.17) is 0 Å². The van der Waals surface area contributed by atoms with Gasteiger partial charge in [0.25, 0.3) is 0 Å². The number of fused-ring (bicyclic) bond motifs is 6. The minimum atomic E-state index is 1.10. The van der Waals surface area contributed by atoms with Gasteiger partial charge in [0.15, 0.2) is 0 Å². The Morgan fingerprint density at radius 1 is 0.293 bits per heavy atom. The fourth-order valence-electron chi connectivity index (χ4n) is 8.68. The van der Waals surface area contributed by atoms with E-state index in [2.05, 4.69) is 229 Å². The van der Waals surface area contributed by atoms with Crippen molar-refractivity contribution in [2.24, 2.45) is 0 Å². The molecule has 58 heavy (non-hydrogen) atoms. The number of hydrogen-bond donors (Lipinski definition) is 0. The van der Waals surface area contributed by atoms with Crippen LogP contribution in [-0.2, 0) is 0 Å². The van der Waals surface area contributed by atoms with Gasteiger partial charge in [-0.2, -0.15) is 0 Å². The van der Waals surface area contributed by atoms with Crippen LogP contribution in [0, 0.1) is 0 Å². The number of thiophene rings is 1. The standard InChI is InChI=1S/C56H37NS/c1-3-14-38(15-4-1)39-26-28-40(29-27-39)41-30-33-45(34-31-41)57(52-23-13-25-55-56(52)50-22-11-12-24-54(50)58-55)53-37-44(32-35-47(53)42-16-5-2-6-17-42)51-36-43-18-7-8-19-46(43)48-20-9-10-21-49(48)51/h1-37H. The first-order valence-corrected chi connectivity index (χ1v) is 20.7. The lowest BCUT2D eigenvalue weighted by Crippen LogP contribution is -2.12. The molecule has 0 aliphatic heterocycles. The van der Waals surface area contributed by atoms with Crippen LogP contribution in [0.3, 0.4) is 0 Å². The zero-order valence-corrected chi connectivity index (χ0v) is 32.5. The van der Waals surface area contributed by atoms with Crippen LogP contribution < -0.4 is 4.90 Å². The van der Waals surface area contributed by atoms with Crippen molar-refractivity contribution >= 4 is 70.1 Å². The van der Waals surface area contributed by atoms with Crippen molar-refractivity contribution in [3.8, 4) is 44.5 Å². The van der Waals surface area contributed by atoms with Gasteiger partial charge in [0.2, 0.25) is 0 Å². The average Bonchev–Trinajstić information content (AvgIpc) is 3.69. The molecule has 1 nitrogen and oxygen atoms in total. The highest BCUT2D eigenvalue weighted by Crippen LogP contribution is 2.49. The summed E-state index contributed by atoms with van der Waals surface area (Å²) in [5, 5.41) is 7.57. The van der Waals surface area contributed by atoms with Crippen LogP contribution in [0.15, 0.2) is 224 Å². The molecule has 1 heterocycles. The quantitative estimate of drug-likeness (QED) is 0.146. The highest BCUT2D eigenvalue weighted by molar-refractivity contribution is 7.26. The maximum Gasteiger partial charge on any atom is 0.0555 e. The smallest absolute Gasteiger partial charge is 0.0555 e. The van der Waals surface area contributed by atoms with Gasteiger partial charge in [0.05, 0.1) is 11.4 Å². The van der Waals surface area contributed by atoms with Crippen LogP contribution in [0.5, 0.6) is 0 Å². The van der Waals surface area contributed by atoms with E-state index < -0.39 is 0 Å². The monoisotopic (exact) mass is 755 g/mol. The molecule has 0 saturated carbocycles. The molecular formula is C56H37NS. The number of anilines is 3. The molecule has 0 radical (unpaired) electrons. The molecule has 0 unspecified atom stereocenters. The van der Waals surface area contributed by atoms with Crippen molar-refractivity contribution in [2.75, 3.05) is 4.90 Å². The molecule has 0 bridgehead atoms. The minimum Gasteiger partial charge on any atom is -0.309 e. The maximum atomic E-state index is 2.50. The molecule has 0 atom stereocenters. The molecule has 272 valence electrons. The largest absolute Gasteiger partial charge is 0.309 e. The van der Waals surface area contributed by atoms with E-state index in [0.29, 0.717) is 0 Å². The van der Waals surface area contributed by atoms with E-state index in [1.54, 1.807) is 0 Å². The van der Waals surface area contributed by atoms with Gasteiger partial charge >= 0.3 is 0 Å². The summed E-state index contributed by atoms with van der Waals surface area (Å²) in [6.07, 6.45) is 0. The molecule has 0 N–H and O–H groups in total. The van der Waals surface area contributed by atoms with Crippen molar-refractivity contribution in [3.05, 3.63) is 224 Å². The average molecular weight is 756 g/mol. The summed E-state index contributed by atoms with van der Waals surface area (Å²) in [6, 6.07) is 82.0. The predicted octanol–water partition coefficient (Wildman–Crippen LogP) is 16.5. The lowest BCUT2D eigenvalue weighted by molar-refractivity contribution is 1.30. The lowest BCUT2D eigenvalue weighted by atomic mass is 9.91. The van der Waals surface area contributed by atoms with Gasteiger partial charge in [-0.15, -0.1) is 11.3 Å². The Kier molecular flexibility index (Phi) is 8.42. The zero-order chi connectivity index (χ0) is 38.4. The normalized spacial score (nSPS) is 11.4. The maximum absolute atomic E-state index is 2.50. The molecule has 0 saturated heterocycles. The fourth-order valence-corrected chi connectivity index (χ4v) is 9.80. The Morgan fingerprint density at radius 2 is 0.828 bits per heavy atom. The van der Waals surface area contributed by atoms with E-state index in [1.807, 2.05) is 11.3 Å². The van der Waals surface area contributed by atoms with Crippen molar-refractivity contribution in [1.82, 2.24) is 0 Å². The highest BCUT2D eigenvalue weighted by atomic mass is 32.1. The first kappa shape index (κ1) is 34.0. The first-order valence-electron chi connectivity index (χ1n) is 19.8. The van der Waals surface area contributed by atoms with E-state index >= 15 is 0 Å².